The monoisotopic (exact) mass is 337 g/mol. The second-order valence-corrected chi connectivity index (χ2v) is 6.16. The molecule has 0 spiro atoms. The standard InChI is InChI=1S/C17H17F2NO2S/c1-2-23-12-6-3-5-11(9-12)17(22)20-10-15(21)16-13(18)7-4-8-14(16)19/h3-9,15,21H,2,10H2,1H3,(H,20,22). The smallest absolute Gasteiger partial charge is 0.251 e. The summed E-state index contributed by atoms with van der Waals surface area (Å²) in [7, 11) is 0. The minimum atomic E-state index is -1.45. The topological polar surface area (TPSA) is 49.3 Å². The first-order valence-corrected chi connectivity index (χ1v) is 8.14. The maximum Gasteiger partial charge on any atom is 0.251 e. The van der Waals surface area contributed by atoms with Gasteiger partial charge in [0.05, 0.1) is 5.56 Å². The number of halogens is 2. The number of carbonyl (C=O) groups excluding carboxylic acids is 1. The lowest BCUT2D eigenvalue weighted by atomic mass is 10.1. The number of nitrogens with one attached hydrogen (secondary N) is 1. The number of carbonyl (C=O) groups is 1. The Kier molecular flexibility index (Phi) is 6.12. The third-order valence-electron chi connectivity index (χ3n) is 3.20. The van der Waals surface area contributed by atoms with Crippen LogP contribution in [0.15, 0.2) is 47.4 Å². The molecule has 0 aliphatic carbocycles. The quantitative estimate of drug-likeness (QED) is 0.793. The van der Waals surface area contributed by atoms with Crippen molar-refractivity contribution in [3.8, 4) is 0 Å². The molecule has 0 heterocycles. The third-order valence-corrected chi connectivity index (χ3v) is 4.07. The molecule has 0 fully saturated rings. The molecule has 0 radical (unpaired) electrons. The first-order valence-electron chi connectivity index (χ1n) is 7.16. The molecule has 2 aromatic rings. The van der Waals surface area contributed by atoms with Gasteiger partial charge in [-0.2, -0.15) is 0 Å². The van der Waals surface area contributed by atoms with Gasteiger partial charge in [-0.1, -0.05) is 19.1 Å². The van der Waals surface area contributed by atoms with Gasteiger partial charge < -0.3 is 10.4 Å². The van der Waals surface area contributed by atoms with Crippen molar-refractivity contribution in [2.24, 2.45) is 0 Å². The predicted molar refractivity (Wildman–Crippen MR) is 86.5 cm³/mol. The van der Waals surface area contributed by atoms with E-state index in [0.29, 0.717) is 5.56 Å². The van der Waals surface area contributed by atoms with E-state index in [0.717, 1.165) is 22.8 Å². The average molecular weight is 337 g/mol. The molecule has 0 bridgehead atoms. The zero-order valence-corrected chi connectivity index (χ0v) is 13.4. The number of hydrogen-bond acceptors (Lipinski definition) is 3. The summed E-state index contributed by atoms with van der Waals surface area (Å²) in [6, 6.07) is 10.4. The molecular weight excluding hydrogens is 320 g/mol. The Hall–Kier alpha value is -1.92. The van der Waals surface area contributed by atoms with E-state index in [4.69, 9.17) is 0 Å². The van der Waals surface area contributed by atoms with Crippen LogP contribution in [0.4, 0.5) is 8.78 Å². The fourth-order valence-corrected chi connectivity index (χ4v) is 2.83. The van der Waals surface area contributed by atoms with Gasteiger partial charge in [0.1, 0.15) is 17.7 Å². The fourth-order valence-electron chi connectivity index (χ4n) is 2.12. The summed E-state index contributed by atoms with van der Waals surface area (Å²) in [5, 5.41) is 12.4. The van der Waals surface area contributed by atoms with Crippen molar-refractivity contribution >= 4 is 17.7 Å². The minimum Gasteiger partial charge on any atom is -0.386 e. The van der Waals surface area contributed by atoms with Gasteiger partial charge in [0.2, 0.25) is 0 Å². The molecule has 2 rings (SSSR count). The van der Waals surface area contributed by atoms with Gasteiger partial charge in [-0.25, -0.2) is 8.78 Å². The molecule has 1 atom stereocenters. The molecule has 0 aliphatic rings. The van der Waals surface area contributed by atoms with Crippen LogP contribution in [0, 0.1) is 11.6 Å². The summed E-state index contributed by atoms with van der Waals surface area (Å²) in [5.74, 6) is -1.20. The highest BCUT2D eigenvalue weighted by molar-refractivity contribution is 7.99. The SMILES string of the molecule is CCSc1cccc(C(=O)NCC(O)c2c(F)cccc2F)c1. The molecule has 122 valence electrons. The van der Waals surface area contributed by atoms with Crippen molar-refractivity contribution in [3.63, 3.8) is 0 Å². The van der Waals surface area contributed by atoms with Crippen LogP contribution >= 0.6 is 11.8 Å². The second-order valence-electron chi connectivity index (χ2n) is 4.82. The number of thioether (sulfide) groups is 1. The zero-order valence-electron chi connectivity index (χ0n) is 12.6. The molecule has 1 amide bonds. The first kappa shape index (κ1) is 17.4. The maximum absolute atomic E-state index is 13.6. The van der Waals surface area contributed by atoms with Crippen molar-refractivity contribution in [2.45, 2.75) is 17.9 Å². The molecule has 0 aliphatic heterocycles. The highest BCUT2D eigenvalue weighted by Crippen LogP contribution is 2.21. The molecule has 3 nitrogen and oxygen atoms in total. The molecule has 0 aromatic heterocycles. The molecule has 23 heavy (non-hydrogen) atoms. The van der Waals surface area contributed by atoms with Crippen molar-refractivity contribution in [1.29, 1.82) is 0 Å². The number of aliphatic hydroxyl groups is 1. The van der Waals surface area contributed by atoms with E-state index in [-0.39, 0.29) is 6.54 Å². The lowest BCUT2D eigenvalue weighted by Gasteiger charge is -2.14. The van der Waals surface area contributed by atoms with E-state index in [2.05, 4.69) is 5.32 Å². The lowest BCUT2D eigenvalue weighted by molar-refractivity contribution is 0.0911. The number of aliphatic hydroxyl groups excluding tert-OH is 1. The molecular formula is C17H17F2NO2S. The summed E-state index contributed by atoms with van der Waals surface area (Å²) in [5.41, 5.74) is -0.00672. The van der Waals surface area contributed by atoms with Crippen molar-refractivity contribution in [2.75, 3.05) is 12.3 Å². The zero-order chi connectivity index (χ0) is 16.8. The van der Waals surface area contributed by atoms with Gasteiger partial charge in [0, 0.05) is 17.0 Å². The maximum atomic E-state index is 13.6. The summed E-state index contributed by atoms with van der Waals surface area (Å²) in [6.07, 6.45) is -1.45. The van der Waals surface area contributed by atoms with E-state index in [1.54, 1.807) is 30.0 Å². The minimum absolute atomic E-state index is 0.276. The Balaban J connectivity index is 2.02. The highest BCUT2D eigenvalue weighted by Gasteiger charge is 2.18. The summed E-state index contributed by atoms with van der Waals surface area (Å²) in [4.78, 5) is 13.0. The Morgan fingerprint density at radius 2 is 1.87 bits per heavy atom. The van der Waals surface area contributed by atoms with Crippen LogP contribution in [0.5, 0.6) is 0 Å². The Bertz CT molecular complexity index is 674. The summed E-state index contributed by atoms with van der Waals surface area (Å²) in [6.45, 7) is 1.73. The van der Waals surface area contributed by atoms with Crippen LogP contribution in [0.1, 0.15) is 28.9 Å². The van der Waals surface area contributed by atoms with Crippen LogP contribution in [0.3, 0.4) is 0 Å². The fraction of sp³-hybridized carbons (Fsp3) is 0.235. The van der Waals surface area contributed by atoms with Crippen molar-refractivity contribution < 1.29 is 18.7 Å². The van der Waals surface area contributed by atoms with Crippen molar-refractivity contribution in [1.82, 2.24) is 5.32 Å². The number of hydrogen-bond donors (Lipinski definition) is 2. The van der Waals surface area contributed by atoms with E-state index >= 15 is 0 Å². The second kappa shape index (κ2) is 8.08. The molecule has 1 unspecified atom stereocenters. The predicted octanol–water partition coefficient (Wildman–Crippen LogP) is 3.54. The highest BCUT2D eigenvalue weighted by atomic mass is 32.2. The van der Waals surface area contributed by atoms with Crippen LogP contribution < -0.4 is 5.32 Å². The van der Waals surface area contributed by atoms with Gasteiger partial charge in [-0.05, 0) is 36.1 Å². The average Bonchev–Trinajstić information content (AvgIpc) is 2.53. The largest absolute Gasteiger partial charge is 0.386 e. The van der Waals surface area contributed by atoms with E-state index < -0.39 is 29.2 Å². The molecule has 6 heteroatoms. The number of amides is 1. The third kappa shape index (κ3) is 4.53. The molecule has 2 aromatic carbocycles. The summed E-state index contributed by atoms with van der Waals surface area (Å²) >= 11 is 1.60. The first-order chi connectivity index (χ1) is 11.0. The number of benzene rings is 2. The van der Waals surface area contributed by atoms with Crippen LogP contribution in [-0.4, -0.2) is 23.3 Å². The van der Waals surface area contributed by atoms with E-state index in [9.17, 15) is 18.7 Å². The van der Waals surface area contributed by atoms with Crippen LogP contribution in [0.25, 0.3) is 0 Å². The normalized spacial score (nSPS) is 12.0. The van der Waals surface area contributed by atoms with Gasteiger partial charge in [-0.3, -0.25) is 4.79 Å². The Morgan fingerprint density at radius 3 is 2.52 bits per heavy atom. The van der Waals surface area contributed by atoms with Gasteiger partial charge in [0.15, 0.2) is 0 Å². The molecule has 2 N–H and O–H groups in total. The molecule has 0 saturated carbocycles. The van der Waals surface area contributed by atoms with Gasteiger partial charge >= 0.3 is 0 Å². The number of rotatable bonds is 6. The summed E-state index contributed by atoms with van der Waals surface area (Å²) < 4.78 is 27.1. The lowest BCUT2D eigenvalue weighted by Crippen LogP contribution is -2.29. The van der Waals surface area contributed by atoms with Gasteiger partial charge in [0.25, 0.3) is 5.91 Å². The van der Waals surface area contributed by atoms with Crippen LogP contribution in [-0.2, 0) is 0 Å². The van der Waals surface area contributed by atoms with Crippen LogP contribution in [0.2, 0.25) is 0 Å². The van der Waals surface area contributed by atoms with E-state index in [1.807, 2.05) is 13.0 Å². The Morgan fingerprint density at radius 1 is 1.22 bits per heavy atom. The van der Waals surface area contributed by atoms with E-state index in [1.165, 1.54) is 6.07 Å². The van der Waals surface area contributed by atoms with Crippen molar-refractivity contribution in [3.05, 3.63) is 65.2 Å². The molecule has 0 saturated heterocycles. The van der Waals surface area contributed by atoms with Gasteiger partial charge in [-0.15, -0.1) is 11.8 Å². The Labute approximate surface area is 137 Å².